The van der Waals surface area contributed by atoms with Crippen LogP contribution in [0.2, 0.25) is 0 Å². The Morgan fingerprint density at radius 3 is 1.63 bits per heavy atom. The summed E-state index contributed by atoms with van der Waals surface area (Å²) in [4.78, 5) is 58.3. The van der Waals surface area contributed by atoms with Gasteiger partial charge < -0.3 is 44.8 Å². The van der Waals surface area contributed by atoms with Crippen molar-refractivity contribution in [3.05, 3.63) is 41.5 Å². The van der Waals surface area contributed by atoms with E-state index in [1.807, 2.05) is 0 Å². The number of anilines is 2. The molecule has 0 fully saturated rings. The third-order valence-electron chi connectivity index (χ3n) is 4.93. The number of hydrogen-bond donors (Lipinski definition) is 5. The summed E-state index contributed by atoms with van der Waals surface area (Å²) < 4.78 is 11.4. The van der Waals surface area contributed by atoms with E-state index >= 15 is 0 Å². The minimum Gasteiger partial charge on any atom is -0.507 e. The summed E-state index contributed by atoms with van der Waals surface area (Å²) in [5.74, 6) is -5.63. The van der Waals surface area contributed by atoms with Gasteiger partial charge in [0.15, 0.2) is 6.29 Å². The molecule has 0 saturated heterocycles. The lowest BCUT2D eigenvalue weighted by Crippen LogP contribution is -2.35. The number of hydrogen-bond acceptors (Lipinski definition) is 10. The van der Waals surface area contributed by atoms with E-state index in [9.17, 15) is 49.5 Å². The van der Waals surface area contributed by atoms with E-state index in [1.54, 1.807) is 19.1 Å². The zero-order valence-corrected chi connectivity index (χ0v) is 20.2. The second-order valence-electron chi connectivity index (χ2n) is 7.95. The molecule has 14 nitrogen and oxygen atoms in total. The van der Waals surface area contributed by atoms with Crippen molar-refractivity contribution in [1.82, 2.24) is 0 Å². The van der Waals surface area contributed by atoms with Gasteiger partial charge in [0.25, 0.3) is 0 Å². The highest BCUT2D eigenvalue weighted by Crippen LogP contribution is 2.35. The monoisotopic (exact) mass is 534 g/mol. The minimum absolute atomic E-state index is 0.0942. The van der Waals surface area contributed by atoms with Crippen LogP contribution in [0.15, 0.2) is 30.3 Å². The lowest BCUT2D eigenvalue weighted by Gasteiger charge is -2.25. The van der Waals surface area contributed by atoms with Crippen molar-refractivity contribution in [3.8, 4) is 17.2 Å². The quantitative estimate of drug-likeness (QED) is 0.150. The fourth-order valence-corrected chi connectivity index (χ4v) is 3.44. The second-order valence-corrected chi connectivity index (χ2v) is 7.95. The number of ether oxygens (including phenoxy) is 2. The third kappa shape index (κ3) is 8.58. The Kier molecular flexibility index (Phi) is 10.3. The molecule has 0 heterocycles. The van der Waals surface area contributed by atoms with Gasteiger partial charge in [-0.3, -0.25) is 24.0 Å². The molecule has 0 radical (unpaired) electrons. The highest BCUT2D eigenvalue weighted by atomic mass is 16.5. The second kappa shape index (κ2) is 13.3. The average molecular weight is 534 g/mol. The van der Waals surface area contributed by atoms with Crippen molar-refractivity contribution >= 4 is 41.5 Å². The maximum Gasteiger partial charge on any atom is 0.323 e. The summed E-state index contributed by atoms with van der Waals surface area (Å²) in [6.45, 7) is -1.32. The molecule has 0 saturated carbocycles. The summed E-state index contributed by atoms with van der Waals surface area (Å²) in [5, 5.41) is 46.7. The Labute approximate surface area is 215 Å². The first kappa shape index (κ1) is 29.2. The van der Waals surface area contributed by atoms with Gasteiger partial charge in [-0.15, -0.1) is 0 Å². The molecular weight excluding hydrogens is 508 g/mol. The lowest BCUT2D eigenvalue weighted by atomic mass is 10.1. The van der Waals surface area contributed by atoms with Crippen LogP contribution < -0.4 is 19.3 Å². The molecule has 0 aromatic heterocycles. The number of phenolic OH excluding ortho intramolecular Hbond substituents is 1. The Hall–Kier alpha value is -5.01. The molecule has 0 spiro atoms. The van der Waals surface area contributed by atoms with Gasteiger partial charge in [0.1, 0.15) is 56.6 Å². The summed E-state index contributed by atoms with van der Waals surface area (Å²) in [6, 6.07) is 6.87. The van der Waals surface area contributed by atoms with Gasteiger partial charge in [-0.1, -0.05) is 6.07 Å². The molecule has 0 aliphatic heterocycles. The van der Waals surface area contributed by atoms with Crippen LogP contribution in [0.4, 0.5) is 11.4 Å². The summed E-state index contributed by atoms with van der Waals surface area (Å²) in [5.41, 5.74) is 0.671. The number of benzene rings is 2. The highest BCUT2D eigenvalue weighted by molar-refractivity contribution is 5.86. The molecular formula is C24H26N2O12. The largest absolute Gasteiger partial charge is 0.507 e. The Morgan fingerprint density at radius 1 is 0.737 bits per heavy atom. The van der Waals surface area contributed by atoms with E-state index in [0.717, 1.165) is 27.5 Å². The Balaban J connectivity index is 2.28. The third-order valence-corrected chi connectivity index (χ3v) is 4.93. The molecule has 2 aromatic rings. The van der Waals surface area contributed by atoms with Crippen LogP contribution in [-0.4, -0.2) is 95.1 Å². The standard InChI is InChI=1S/C24H26N2O12/c1-14-2-3-16(25(9-21(29)30)10-22(31)32)19(6-14)37-4-5-38-20-7-15(13-27)18(28)8-17(20)26(11-23(33)34)12-24(35)36/h2-3,6-8,13,28H,4-5,9-12H2,1H3,(H,29,30)(H,31,32)(H,33,34)(H,35,36). The average Bonchev–Trinajstić information content (AvgIpc) is 2.80. The number of aldehydes is 1. The van der Waals surface area contributed by atoms with Crippen LogP contribution in [0.5, 0.6) is 17.2 Å². The fraction of sp³-hybridized carbons (Fsp3) is 0.292. The normalized spacial score (nSPS) is 10.3. The molecule has 5 N–H and O–H groups in total. The number of carboxylic acids is 4. The first-order valence-corrected chi connectivity index (χ1v) is 11.0. The van der Waals surface area contributed by atoms with Gasteiger partial charge >= 0.3 is 23.9 Å². The van der Waals surface area contributed by atoms with Crippen LogP contribution in [0.25, 0.3) is 0 Å². The fourth-order valence-electron chi connectivity index (χ4n) is 3.44. The number of carbonyl (C=O) groups is 5. The summed E-state index contributed by atoms with van der Waals surface area (Å²) in [7, 11) is 0. The van der Waals surface area contributed by atoms with Gasteiger partial charge in [-0.2, -0.15) is 0 Å². The van der Waals surface area contributed by atoms with E-state index < -0.39 is 55.8 Å². The zero-order chi connectivity index (χ0) is 28.4. The molecule has 0 atom stereocenters. The maximum absolute atomic E-state index is 11.3. The summed E-state index contributed by atoms with van der Waals surface area (Å²) >= 11 is 0. The number of phenols is 1. The first-order chi connectivity index (χ1) is 17.9. The van der Waals surface area contributed by atoms with Crippen molar-refractivity contribution in [2.24, 2.45) is 0 Å². The molecule has 0 aliphatic carbocycles. The maximum atomic E-state index is 11.3. The van der Waals surface area contributed by atoms with E-state index in [2.05, 4.69) is 0 Å². The van der Waals surface area contributed by atoms with Gasteiger partial charge in [0.2, 0.25) is 0 Å². The molecule has 0 unspecified atom stereocenters. The summed E-state index contributed by atoms with van der Waals surface area (Å²) in [6.07, 6.45) is 0.333. The number of rotatable bonds is 16. The predicted molar refractivity (Wildman–Crippen MR) is 131 cm³/mol. The van der Waals surface area contributed by atoms with E-state index in [4.69, 9.17) is 9.47 Å². The number of carbonyl (C=O) groups excluding carboxylic acids is 1. The van der Waals surface area contributed by atoms with Gasteiger partial charge in [-0.25, -0.2) is 0 Å². The minimum atomic E-state index is -1.35. The smallest absolute Gasteiger partial charge is 0.323 e. The topological polar surface area (TPSA) is 211 Å². The Bertz CT molecular complexity index is 1180. The first-order valence-electron chi connectivity index (χ1n) is 11.0. The predicted octanol–water partition coefficient (Wildman–Crippen LogP) is 0.922. The van der Waals surface area contributed by atoms with Gasteiger partial charge in [0.05, 0.1) is 16.9 Å². The van der Waals surface area contributed by atoms with Crippen molar-refractivity contribution in [1.29, 1.82) is 0 Å². The number of nitrogens with zero attached hydrogens (tertiary/aromatic N) is 2. The molecule has 0 aliphatic rings. The van der Waals surface area contributed by atoms with E-state index in [-0.39, 0.29) is 41.7 Å². The number of carboxylic acid groups (broad SMARTS) is 4. The van der Waals surface area contributed by atoms with E-state index in [1.165, 1.54) is 6.07 Å². The molecule has 0 bridgehead atoms. The van der Waals surface area contributed by atoms with Crippen LogP contribution in [0.1, 0.15) is 15.9 Å². The zero-order valence-electron chi connectivity index (χ0n) is 20.2. The number of aliphatic carboxylic acids is 4. The SMILES string of the molecule is Cc1ccc(N(CC(=O)O)CC(=O)O)c(OCCOc2cc(C=O)c(O)cc2N(CC(=O)O)CC(=O)O)c1. The van der Waals surface area contributed by atoms with Gasteiger partial charge in [0, 0.05) is 6.07 Å². The van der Waals surface area contributed by atoms with Crippen LogP contribution >= 0.6 is 0 Å². The molecule has 0 amide bonds. The highest BCUT2D eigenvalue weighted by Gasteiger charge is 2.22. The van der Waals surface area contributed by atoms with Crippen LogP contribution in [0, 0.1) is 6.92 Å². The van der Waals surface area contributed by atoms with E-state index in [0.29, 0.717) is 6.29 Å². The van der Waals surface area contributed by atoms with Gasteiger partial charge in [-0.05, 0) is 30.7 Å². The molecule has 2 aromatic carbocycles. The van der Waals surface area contributed by atoms with Crippen LogP contribution in [-0.2, 0) is 19.2 Å². The van der Waals surface area contributed by atoms with Crippen molar-refractivity contribution in [3.63, 3.8) is 0 Å². The van der Waals surface area contributed by atoms with Crippen LogP contribution in [0.3, 0.4) is 0 Å². The number of aromatic hydroxyl groups is 1. The molecule has 2 rings (SSSR count). The van der Waals surface area contributed by atoms with Crippen molar-refractivity contribution in [2.75, 3.05) is 49.2 Å². The molecule has 204 valence electrons. The van der Waals surface area contributed by atoms with Crippen molar-refractivity contribution < 1.29 is 59.0 Å². The Morgan fingerprint density at radius 2 is 1.18 bits per heavy atom. The van der Waals surface area contributed by atoms with Crippen molar-refractivity contribution in [2.45, 2.75) is 6.92 Å². The lowest BCUT2D eigenvalue weighted by molar-refractivity contribution is -0.138. The molecule has 38 heavy (non-hydrogen) atoms. The number of aryl methyl sites for hydroxylation is 1. The molecule has 14 heteroatoms.